The molecule has 20 heavy (non-hydrogen) atoms. The van der Waals surface area contributed by atoms with Crippen molar-refractivity contribution in [2.45, 2.75) is 20.3 Å². The van der Waals surface area contributed by atoms with Gasteiger partial charge in [0, 0.05) is 13.5 Å². The number of hydrogen-bond acceptors (Lipinski definition) is 3. The Hall–Kier alpha value is -2.37. The van der Waals surface area contributed by atoms with Crippen LogP contribution in [-0.2, 0) is 9.59 Å². The Bertz CT molecular complexity index is 538. The molecule has 0 fully saturated rings. The van der Waals surface area contributed by atoms with E-state index < -0.39 is 17.3 Å². The summed E-state index contributed by atoms with van der Waals surface area (Å²) in [6.07, 6.45) is -0.176. The van der Waals surface area contributed by atoms with Gasteiger partial charge in [-0.05, 0) is 26.0 Å². The highest BCUT2D eigenvalue weighted by Gasteiger charge is 2.30. The van der Waals surface area contributed by atoms with Crippen LogP contribution in [0.1, 0.15) is 30.6 Å². The molecule has 0 aromatic heterocycles. The van der Waals surface area contributed by atoms with E-state index >= 15 is 0 Å². The first kappa shape index (κ1) is 15.7. The Morgan fingerprint density at radius 3 is 2.35 bits per heavy atom. The predicted molar refractivity (Wildman–Crippen MR) is 74.5 cm³/mol. The number of amides is 2. The van der Waals surface area contributed by atoms with E-state index in [1.54, 1.807) is 24.3 Å². The third kappa shape index (κ3) is 3.81. The van der Waals surface area contributed by atoms with Gasteiger partial charge in [-0.3, -0.25) is 14.4 Å². The van der Waals surface area contributed by atoms with Crippen molar-refractivity contribution >= 4 is 23.5 Å². The summed E-state index contributed by atoms with van der Waals surface area (Å²) in [4.78, 5) is 34.5. The van der Waals surface area contributed by atoms with E-state index in [1.165, 1.54) is 20.9 Å². The van der Waals surface area contributed by atoms with Gasteiger partial charge in [-0.1, -0.05) is 12.1 Å². The minimum absolute atomic E-state index is 0.176. The van der Waals surface area contributed by atoms with Crippen LogP contribution in [0.5, 0.6) is 0 Å². The average molecular weight is 278 g/mol. The van der Waals surface area contributed by atoms with Crippen LogP contribution in [0.3, 0.4) is 0 Å². The molecule has 0 aliphatic carbocycles. The maximum absolute atomic E-state index is 11.9. The Kier molecular flexibility index (Phi) is 4.85. The largest absolute Gasteiger partial charge is 0.481 e. The molecule has 0 spiro atoms. The van der Waals surface area contributed by atoms with Gasteiger partial charge in [0.05, 0.1) is 16.7 Å². The van der Waals surface area contributed by atoms with Gasteiger partial charge in [0.15, 0.2) is 0 Å². The molecule has 1 aromatic carbocycles. The lowest BCUT2D eigenvalue weighted by atomic mass is 9.89. The summed E-state index contributed by atoms with van der Waals surface area (Å²) in [5.41, 5.74) is -0.471. The molecule has 3 N–H and O–H groups in total. The molecule has 6 heteroatoms. The summed E-state index contributed by atoms with van der Waals surface area (Å²) in [6, 6.07) is 6.54. The van der Waals surface area contributed by atoms with E-state index in [1.807, 2.05) is 0 Å². The number of carboxylic acids is 1. The van der Waals surface area contributed by atoms with E-state index in [2.05, 4.69) is 10.6 Å². The minimum atomic E-state index is -1.16. The number of hydrogen-bond donors (Lipinski definition) is 3. The van der Waals surface area contributed by atoms with Crippen molar-refractivity contribution in [1.82, 2.24) is 5.32 Å². The molecular weight excluding hydrogens is 260 g/mol. The summed E-state index contributed by atoms with van der Waals surface area (Å²) >= 11 is 0. The third-order valence-corrected chi connectivity index (χ3v) is 2.85. The van der Waals surface area contributed by atoms with Crippen molar-refractivity contribution in [3.8, 4) is 0 Å². The molecule has 108 valence electrons. The Labute approximate surface area is 117 Å². The summed E-state index contributed by atoms with van der Waals surface area (Å²) < 4.78 is 0. The lowest BCUT2D eigenvalue weighted by molar-refractivity contribution is -0.148. The average Bonchev–Trinajstić information content (AvgIpc) is 2.37. The molecule has 0 radical (unpaired) electrons. The number of anilines is 1. The SMILES string of the molecule is CNC(=O)c1ccccc1NC(=O)CC(C)(C)C(=O)O. The normalized spacial score (nSPS) is 10.8. The fourth-order valence-corrected chi connectivity index (χ4v) is 1.60. The summed E-state index contributed by atoms with van der Waals surface area (Å²) in [5, 5.41) is 14.0. The fraction of sp³-hybridized carbons (Fsp3) is 0.357. The van der Waals surface area contributed by atoms with Crippen LogP contribution >= 0.6 is 0 Å². The first-order valence-electron chi connectivity index (χ1n) is 6.12. The topological polar surface area (TPSA) is 95.5 Å². The smallest absolute Gasteiger partial charge is 0.309 e. The maximum atomic E-state index is 11.9. The van der Waals surface area contributed by atoms with Gasteiger partial charge < -0.3 is 15.7 Å². The number of carbonyl (C=O) groups excluding carboxylic acids is 2. The molecule has 1 aromatic rings. The molecule has 0 unspecified atom stereocenters. The van der Waals surface area contributed by atoms with Gasteiger partial charge in [0.25, 0.3) is 5.91 Å². The van der Waals surface area contributed by atoms with Crippen LogP contribution in [0.15, 0.2) is 24.3 Å². The second-order valence-corrected chi connectivity index (χ2v) is 5.04. The number of benzene rings is 1. The molecule has 0 aliphatic rings. The molecule has 0 atom stereocenters. The van der Waals surface area contributed by atoms with E-state index in [-0.39, 0.29) is 12.3 Å². The Balaban J connectivity index is 2.87. The van der Waals surface area contributed by atoms with Crippen LogP contribution < -0.4 is 10.6 Å². The number of carboxylic acid groups (broad SMARTS) is 1. The lowest BCUT2D eigenvalue weighted by Gasteiger charge is -2.18. The van der Waals surface area contributed by atoms with Gasteiger partial charge in [-0.15, -0.1) is 0 Å². The highest BCUT2D eigenvalue weighted by molar-refractivity contribution is 6.04. The first-order valence-corrected chi connectivity index (χ1v) is 6.12. The maximum Gasteiger partial charge on any atom is 0.309 e. The van der Waals surface area contributed by atoms with Crippen LogP contribution in [0.25, 0.3) is 0 Å². The van der Waals surface area contributed by atoms with Gasteiger partial charge >= 0.3 is 5.97 Å². The Morgan fingerprint density at radius 2 is 1.80 bits per heavy atom. The van der Waals surface area contributed by atoms with Crippen LogP contribution in [0, 0.1) is 5.41 Å². The molecular formula is C14H18N2O4. The first-order chi connectivity index (χ1) is 9.27. The zero-order chi connectivity index (χ0) is 15.3. The summed E-state index contributed by atoms with van der Waals surface area (Å²) in [6.45, 7) is 2.94. The van der Waals surface area contributed by atoms with Crippen LogP contribution in [-0.4, -0.2) is 29.9 Å². The number of aliphatic carboxylic acids is 1. The van der Waals surface area contributed by atoms with Crippen molar-refractivity contribution in [3.63, 3.8) is 0 Å². The third-order valence-electron chi connectivity index (χ3n) is 2.85. The van der Waals surface area contributed by atoms with Crippen molar-refractivity contribution in [2.24, 2.45) is 5.41 Å². The zero-order valence-electron chi connectivity index (χ0n) is 11.7. The van der Waals surface area contributed by atoms with E-state index in [0.717, 1.165) is 0 Å². The van der Waals surface area contributed by atoms with Crippen molar-refractivity contribution in [2.75, 3.05) is 12.4 Å². The zero-order valence-corrected chi connectivity index (χ0v) is 11.7. The van der Waals surface area contributed by atoms with E-state index in [9.17, 15) is 14.4 Å². The van der Waals surface area contributed by atoms with Gasteiger partial charge in [-0.2, -0.15) is 0 Å². The molecule has 0 saturated heterocycles. The molecule has 6 nitrogen and oxygen atoms in total. The van der Waals surface area contributed by atoms with Crippen molar-refractivity contribution in [3.05, 3.63) is 29.8 Å². The van der Waals surface area contributed by atoms with E-state index in [0.29, 0.717) is 11.3 Å². The quantitative estimate of drug-likeness (QED) is 0.760. The summed E-state index contributed by atoms with van der Waals surface area (Å²) in [7, 11) is 1.49. The highest BCUT2D eigenvalue weighted by Crippen LogP contribution is 2.22. The fourth-order valence-electron chi connectivity index (χ4n) is 1.60. The second kappa shape index (κ2) is 6.18. The predicted octanol–water partition coefficient (Wildman–Crippen LogP) is 1.49. The molecule has 0 aliphatic heterocycles. The van der Waals surface area contributed by atoms with E-state index in [4.69, 9.17) is 5.11 Å². The number of rotatable bonds is 5. The molecule has 0 saturated carbocycles. The molecule has 1 rings (SSSR count). The molecule has 0 heterocycles. The molecule has 2 amide bonds. The van der Waals surface area contributed by atoms with Crippen molar-refractivity contribution in [1.29, 1.82) is 0 Å². The number of nitrogens with one attached hydrogen (secondary N) is 2. The second-order valence-electron chi connectivity index (χ2n) is 5.04. The van der Waals surface area contributed by atoms with Crippen molar-refractivity contribution < 1.29 is 19.5 Å². The Morgan fingerprint density at radius 1 is 1.20 bits per heavy atom. The van der Waals surface area contributed by atoms with Gasteiger partial charge in [0.1, 0.15) is 0 Å². The summed E-state index contributed by atoms with van der Waals surface area (Å²) in [5.74, 6) is -1.82. The monoisotopic (exact) mass is 278 g/mol. The van der Waals surface area contributed by atoms with Gasteiger partial charge in [-0.25, -0.2) is 0 Å². The molecule has 0 bridgehead atoms. The van der Waals surface area contributed by atoms with Crippen LogP contribution in [0.2, 0.25) is 0 Å². The van der Waals surface area contributed by atoms with Crippen LogP contribution in [0.4, 0.5) is 5.69 Å². The number of carbonyl (C=O) groups is 3. The standard InChI is InChI=1S/C14H18N2O4/c1-14(2,13(19)20)8-11(17)16-10-7-5-4-6-9(10)12(18)15-3/h4-7H,8H2,1-3H3,(H,15,18)(H,16,17)(H,19,20). The highest BCUT2D eigenvalue weighted by atomic mass is 16.4. The lowest BCUT2D eigenvalue weighted by Crippen LogP contribution is -2.30. The minimum Gasteiger partial charge on any atom is -0.481 e. The number of para-hydroxylation sites is 1. The van der Waals surface area contributed by atoms with Gasteiger partial charge in [0.2, 0.25) is 5.91 Å².